The van der Waals surface area contributed by atoms with Gasteiger partial charge in [-0.05, 0) is 0 Å². The molecule has 0 aromatic carbocycles. The van der Waals surface area contributed by atoms with Crippen LogP contribution in [0, 0.1) is 0 Å². The molecule has 1 atom stereocenters. The Labute approximate surface area is 70.7 Å². The van der Waals surface area contributed by atoms with Crippen LogP contribution >= 0.6 is 0 Å². The molecule has 0 aliphatic carbocycles. The number of carbonyl (C=O) groups is 2. The molecule has 0 aromatic rings. The van der Waals surface area contributed by atoms with Gasteiger partial charge in [-0.3, -0.25) is 4.79 Å². The van der Waals surface area contributed by atoms with Crippen molar-refractivity contribution in [2.24, 2.45) is 0 Å². The zero-order valence-corrected chi connectivity index (χ0v) is 7.16. The predicted octanol–water partition coefficient (Wildman–Crippen LogP) is -0.427. The van der Waals surface area contributed by atoms with Gasteiger partial charge in [0.15, 0.2) is 0 Å². The van der Waals surface area contributed by atoms with Crippen LogP contribution in [-0.2, 0) is 9.53 Å². The third-order valence-electron chi connectivity index (χ3n) is 1.64. The van der Waals surface area contributed by atoms with Crippen molar-refractivity contribution in [3.63, 3.8) is 0 Å². The molecule has 5 nitrogen and oxygen atoms in total. The van der Waals surface area contributed by atoms with Gasteiger partial charge in [0.1, 0.15) is 6.10 Å². The normalized spacial score (nSPS) is 22.3. The largest absolute Gasteiger partial charge is 0.442 e. The highest BCUT2D eigenvalue weighted by Crippen LogP contribution is 2.06. The van der Waals surface area contributed by atoms with E-state index in [2.05, 4.69) is 5.32 Å². The predicted molar refractivity (Wildman–Crippen MR) is 41.6 cm³/mol. The molecule has 2 amide bonds. The summed E-state index contributed by atoms with van der Waals surface area (Å²) < 4.78 is 4.90. The van der Waals surface area contributed by atoms with Gasteiger partial charge in [-0.15, -0.1) is 0 Å². The Bertz CT molecular complexity index is 205. The summed E-state index contributed by atoms with van der Waals surface area (Å²) in [5, 5.41) is 2.59. The molecular formula is C7H12N2O3. The molecule has 1 aliphatic rings. The monoisotopic (exact) mass is 172 g/mol. The third-order valence-corrected chi connectivity index (χ3v) is 1.64. The minimum Gasteiger partial charge on any atom is -0.442 e. The Morgan fingerprint density at radius 3 is 2.92 bits per heavy atom. The molecule has 68 valence electrons. The Hall–Kier alpha value is -1.26. The maximum Gasteiger partial charge on any atom is 0.410 e. The summed E-state index contributed by atoms with van der Waals surface area (Å²) in [6.45, 7) is 2.37. The molecule has 0 spiro atoms. The maximum atomic E-state index is 10.8. The Morgan fingerprint density at radius 1 is 1.83 bits per heavy atom. The van der Waals surface area contributed by atoms with Crippen LogP contribution in [0.15, 0.2) is 0 Å². The third kappa shape index (κ3) is 2.11. The second-order valence-corrected chi connectivity index (χ2v) is 2.82. The number of hydrogen-bond donors (Lipinski definition) is 1. The fourth-order valence-electron chi connectivity index (χ4n) is 1.01. The van der Waals surface area contributed by atoms with Crippen LogP contribution in [0.1, 0.15) is 6.92 Å². The zero-order chi connectivity index (χ0) is 9.14. The SMILES string of the molecule is CC(=O)NC[C@H]1CN(C)C(=O)O1. The van der Waals surface area contributed by atoms with Gasteiger partial charge in [0.05, 0.1) is 13.1 Å². The molecule has 12 heavy (non-hydrogen) atoms. The molecule has 5 heteroatoms. The van der Waals surface area contributed by atoms with E-state index >= 15 is 0 Å². The summed E-state index contributed by atoms with van der Waals surface area (Å²) in [7, 11) is 1.66. The lowest BCUT2D eigenvalue weighted by Crippen LogP contribution is -2.32. The van der Waals surface area contributed by atoms with Gasteiger partial charge in [0.2, 0.25) is 5.91 Å². The van der Waals surface area contributed by atoms with Crippen molar-refractivity contribution in [3.8, 4) is 0 Å². The number of likely N-dealkylation sites (N-methyl/N-ethyl adjacent to an activating group) is 1. The van der Waals surface area contributed by atoms with Crippen LogP contribution in [0.4, 0.5) is 4.79 Å². The molecule has 0 saturated carbocycles. The molecule has 1 saturated heterocycles. The van der Waals surface area contributed by atoms with E-state index in [1.54, 1.807) is 7.05 Å². The molecular weight excluding hydrogens is 160 g/mol. The van der Waals surface area contributed by atoms with E-state index in [9.17, 15) is 9.59 Å². The Kier molecular flexibility index (Phi) is 2.52. The molecule has 1 rings (SSSR count). The minimum atomic E-state index is -0.328. The van der Waals surface area contributed by atoms with E-state index in [0.29, 0.717) is 13.1 Å². The second kappa shape index (κ2) is 3.42. The van der Waals surface area contributed by atoms with E-state index in [1.807, 2.05) is 0 Å². The summed E-state index contributed by atoms with van der Waals surface area (Å²) in [6.07, 6.45) is -0.531. The first-order valence-electron chi connectivity index (χ1n) is 3.76. The highest BCUT2D eigenvalue weighted by molar-refractivity contribution is 5.73. The van der Waals surface area contributed by atoms with E-state index in [0.717, 1.165) is 0 Å². The van der Waals surface area contributed by atoms with Crippen LogP contribution in [0.3, 0.4) is 0 Å². The standard InChI is InChI=1S/C7H12N2O3/c1-5(10)8-3-6-4-9(2)7(11)12-6/h6H,3-4H2,1-2H3,(H,8,10)/t6-/m0/s1. The van der Waals surface area contributed by atoms with Gasteiger partial charge >= 0.3 is 6.09 Å². The van der Waals surface area contributed by atoms with E-state index in [1.165, 1.54) is 11.8 Å². The van der Waals surface area contributed by atoms with Crippen molar-refractivity contribution in [3.05, 3.63) is 0 Å². The number of hydrogen-bond acceptors (Lipinski definition) is 3. The van der Waals surface area contributed by atoms with Crippen LogP contribution in [0.2, 0.25) is 0 Å². The van der Waals surface area contributed by atoms with Crippen molar-refractivity contribution in [2.75, 3.05) is 20.1 Å². The number of ether oxygens (including phenoxy) is 1. The first-order chi connectivity index (χ1) is 5.59. The quantitative estimate of drug-likeness (QED) is 0.615. The number of carbonyl (C=O) groups excluding carboxylic acids is 2. The summed E-state index contributed by atoms with van der Waals surface area (Å²) in [5.74, 6) is -0.111. The van der Waals surface area contributed by atoms with Gasteiger partial charge in [0, 0.05) is 14.0 Å². The van der Waals surface area contributed by atoms with Gasteiger partial charge in [-0.1, -0.05) is 0 Å². The smallest absolute Gasteiger partial charge is 0.410 e. The maximum absolute atomic E-state index is 10.8. The van der Waals surface area contributed by atoms with E-state index in [-0.39, 0.29) is 18.1 Å². The van der Waals surface area contributed by atoms with Gasteiger partial charge in [-0.2, -0.15) is 0 Å². The molecule has 1 aliphatic heterocycles. The van der Waals surface area contributed by atoms with Crippen molar-refractivity contribution in [2.45, 2.75) is 13.0 Å². The molecule has 0 aromatic heterocycles. The average Bonchev–Trinajstić information content (AvgIpc) is 2.28. The van der Waals surface area contributed by atoms with E-state index in [4.69, 9.17) is 4.74 Å². The van der Waals surface area contributed by atoms with Crippen LogP contribution in [0.5, 0.6) is 0 Å². The first-order valence-corrected chi connectivity index (χ1v) is 3.76. The summed E-state index contributed by atoms with van der Waals surface area (Å²) in [5.41, 5.74) is 0. The molecule has 0 radical (unpaired) electrons. The van der Waals surface area contributed by atoms with Gasteiger partial charge < -0.3 is 15.0 Å². The lowest BCUT2D eigenvalue weighted by molar-refractivity contribution is -0.119. The van der Waals surface area contributed by atoms with E-state index < -0.39 is 0 Å². The van der Waals surface area contributed by atoms with Crippen molar-refractivity contribution < 1.29 is 14.3 Å². The zero-order valence-electron chi connectivity index (χ0n) is 7.16. The summed E-state index contributed by atoms with van der Waals surface area (Å²) >= 11 is 0. The molecule has 1 fully saturated rings. The number of amides is 2. The number of nitrogens with one attached hydrogen (secondary N) is 1. The summed E-state index contributed by atoms with van der Waals surface area (Å²) in [6, 6.07) is 0. The molecule has 0 bridgehead atoms. The molecule has 0 unspecified atom stereocenters. The van der Waals surface area contributed by atoms with Crippen LogP contribution in [0.25, 0.3) is 0 Å². The summed E-state index contributed by atoms with van der Waals surface area (Å²) in [4.78, 5) is 22.8. The second-order valence-electron chi connectivity index (χ2n) is 2.82. The number of cyclic esters (lactones) is 1. The van der Waals surface area contributed by atoms with Gasteiger partial charge in [-0.25, -0.2) is 4.79 Å². The Balaban J connectivity index is 2.28. The van der Waals surface area contributed by atoms with Crippen LogP contribution in [-0.4, -0.2) is 43.1 Å². The fraction of sp³-hybridized carbons (Fsp3) is 0.714. The van der Waals surface area contributed by atoms with Crippen LogP contribution < -0.4 is 5.32 Å². The highest BCUT2D eigenvalue weighted by atomic mass is 16.6. The number of rotatable bonds is 2. The van der Waals surface area contributed by atoms with Crippen molar-refractivity contribution in [1.82, 2.24) is 10.2 Å². The first kappa shape index (κ1) is 8.83. The fourth-order valence-corrected chi connectivity index (χ4v) is 1.01. The molecule has 1 N–H and O–H groups in total. The molecule has 1 heterocycles. The topological polar surface area (TPSA) is 58.6 Å². The lowest BCUT2D eigenvalue weighted by Gasteiger charge is -2.07. The highest BCUT2D eigenvalue weighted by Gasteiger charge is 2.27. The lowest BCUT2D eigenvalue weighted by atomic mass is 10.3. The van der Waals surface area contributed by atoms with Crippen molar-refractivity contribution in [1.29, 1.82) is 0 Å². The Morgan fingerprint density at radius 2 is 2.50 bits per heavy atom. The van der Waals surface area contributed by atoms with Crippen molar-refractivity contribution >= 4 is 12.0 Å². The number of nitrogens with zero attached hydrogens (tertiary/aromatic N) is 1. The van der Waals surface area contributed by atoms with Gasteiger partial charge in [0.25, 0.3) is 0 Å². The average molecular weight is 172 g/mol. The minimum absolute atomic E-state index is 0.111.